The summed E-state index contributed by atoms with van der Waals surface area (Å²) >= 11 is 10.6. The van der Waals surface area contributed by atoms with Crippen molar-refractivity contribution in [3.05, 3.63) is 82.6 Å². The van der Waals surface area contributed by atoms with Crippen LogP contribution in [0.2, 0.25) is 0 Å². The largest absolute Gasteiger partial charge is 0.506 e. The van der Waals surface area contributed by atoms with Crippen LogP contribution in [0.15, 0.2) is 55.3 Å². The minimum absolute atomic E-state index is 0.102. The molecule has 0 spiro atoms. The number of anilines is 3. The number of hydrogen-bond donors (Lipinski definition) is 7. The molecule has 7 N–H and O–H groups in total. The standard InChI is InChI=1S/C46H62N8O4S2/c1-13-17-47-43(59)49-19-15-37(55)51-33-23-35-31(45(9,10)27(7)53(35)25(3)4)21-29(33)39-41(57)40(42(39)58)30-22-32-36(54(26(5)6)28(8)46(32,11)12)24-34(30)52-38(56)16-20-50-44(60)48-18-14-2/h13-14,21-28H,1-2,15-20H2,3-12H3,(H6,47,48,49,50,51,52,55,56,57,58,59,60)/p+1. The van der Waals surface area contributed by atoms with Gasteiger partial charge < -0.3 is 41.9 Å². The maximum Gasteiger partial charge on any atom is 0.226 e. The summed E-state index contributed by atoms with van der Waals surface area (Å²) in [6, 6.07) is 8.32. The maximum atomic E-state index is 14.7. The number of rotatable bonds is 15. The Labute approximate surface area is 365 Å². The fourth-order valence-electron chi connectivity index (χ4n) is 8.63. The van der Waals surface area contributed by atoms with Crippen molar-refractivity contribution >= 4 is 80.5 Å². The molecule has 2 aromatic rings. The molecule has 0 aromatic heterocycles. The second-order valence-corrected chi connectivity index (χ2v) is 18.3. The lowest BCUT2D eigenvalue weighted by Crippen LogP contribution is -2.42. The molecule has 14 heteroatoms. The van der Waals surface area contributed by atoms with E-state index in [2.05, 4.69) is 124 Å². The first kappa shape index (κ1) is 46.0. The van der Waals surface area contributed by atoms with Crippen LogP contribution in [0.3, 0.4) is 0 Å². The van der Waals surface area contributed by atoms with Gasteiger partial charge in [-0.05, 0) is 104 Å². The van der Waals surface area contributed by atoms with Gasteiger partial charge >= 0.3 is 0 Å². The number of nitrogens with one attached hydrogen (secondary N) is 6. The lowest BCUT2D eigenvalue weighted by Gasteiger charge is -2.34. The highest BCUT2D eigenvalue weighted by molar-refractivity contribution is 7.80. The minimum Gasteiger partial charge on any atom is -0.506 e. The van der Waals surface area contributed by atoms with Gasteiger partial charge in [0.1, 0.15) is 11.8 Å². The summed E-state index contributed by atoms with van der Waals surface area (Å²) in [5.41, 5.74) is 3.88. The van der Waals surface area contributed by atoms with E-state index >= 15 is 0 Å². The van der Waals surface area contributed by atoms with Gasteiger partial charge in [-0.25, -0.2) is 4.58 Å². The van der Waals surface area contributed by atoms with Crippen LogP contribution < -0.4 is 52.0 Å². The second kappa shape index (κ2) is 18.3. The molecule has 2 aromatic carbocycles. The van der Waals surface area contributed by atoms with Crippen molar-refractivity contribution in [2.24, 2.45) is 0 Å². The molecule has 1 aliphatic carbocycles. The number of thiocarbonyl (C=S) groups is 2. The zero-order valence-corrected chi connectivity index (χ0v) is 38.4. The fraction of sp³-hybridized carbons (Fsp3) is 0.478. The predicted octanol–water partition coefficient (Wildman–Crippen LogP) is 4.82. The Morgan fingerprint density at radius 2 is 1.37 bits per heavy atom. The van der Waals surface area contributed by atoms with Crippen molar-refractivity contribution in [3.63, 3.8) is 0 Å². The highest BCUT2D eigenvalue weighted by Crippen LogP contribution is 2.51. The number of aliphatic hydroxyl groups excluding tert-OH is 1. The summed E-state index contributed by atoms with van der Waals surface area (Å²) in [7, 11) is 0. The molecule has 0 radical (unpaired) electrons. The minimum atomic E-state index is -0.381. The first-order chi connectivity index (χ1) is 28.2. The summed E-state index contributed by atoms with van der Waals surface area (Å²) in [5.74, 6) is -1.14. The third-order valence-electron chi connectivity index (χ3n) is 12.4. The molecule has 0 saturated heterocycles. The third kappa shape index (κ3) is 8.86. The van der Waals surface area contributed by atoms with E-state index in [0.717, 1.165) is 22.2 Å². The molecule has 2 aliphatic heterocycles. The fourth-order valence-corrected chi connectivity index (χ4v) is 9.00. The number of nitrogens with zero attached hydrogens (tertiary/aromatic N) is 2. The molecule has 12 nitrogen and oxygen atoms in total. The number of amides is 2. The molecule has 322 valence electrons. The molecule has 2 amide bonds. The number of hydrogen-bond acceptors (Lipinski definition) is 7. The Morgan fingerprint density at radius 3 is 1.87 bits per heavy atom. The molecule has 0 fully saturated rings. The molecule has 5 rings (SSSR count). The van der Waals surface area contributed by atoms with Gasteiger partial charge in [0.05, 0.1) is 27.9 Å². The van der Waals surface area contributed by atoms with Crippen LogP contribution in [0.1, 0.15) is 98.8 Å². The van der Waals surface area contributed by atoms with E-state index in [1.165, 1.54) is 0 Å². The van der Waals surface area contributed by atoms with Gasteiger partial charge in [0.25, 0.3) is 0 Å². The van der Waals surface area contributed by atoms with Gasteiger partial charge in [-0.1, -0.05) is 26.0 Å². The number of ketones is 1. The lowest BCUT2D eigenvalue weighted by molar-refractivity contribution is -0.116. The molecule has 2 atom stereocenters. The van der Waals surface area contributed by atoms with Crippen molar-refractivity contribution in [1.82, 2.24) is 25.8 Å². The zero-order valence-electron chi connectivity index (χ0n) is 36.8. The molecule has 3 aliphatic rings. The molecule has 0 saturated carbocycles. The molecular formula is C46H63N8O4S2+. The van der Waals surface area contributed by atoms with Crippen LogP contribution in [0, 0.1) is 0 Å². The van der Waals surface area contributed by atoms with E-state index < -0.39 is 0 Å². The quantitative estimate of drug-likeness (QED) is 0.0752. The van der Waals surface area contributed by atoms with E-state index in [4.69, 9.17) is 24.4 Å². The molecular weight excluding hydrogens is 793 g/mol. The number of benzene rings is 2. The second-order valence-electron chi connectivity index (χ2n) is 17.5. The van der Waals surface area contributed by atoms with Crippen LogP contribution in [0.5, 0.6) is 0 Å². The first-order valence-electron chi connectivity index (χ1n) is 20.8. The molecule has 0 bridgehead atoms. The van der Waals surface area contributed by atoms with Crippen molar-refractivity contribution < 1.29 is 19.5 Å². The lowest BCUT2D eigenvalue weighted by atomic mass is 9.76. The number of allylic oxidation sites excluding steroid dienone is 2. The average Bonchev–Trinajstić information content (AvgIpc) is 3.49. The Morgan fingerprint density at radius 1 is 0.817 bits per heavy atom. The SMILES string of the molecule is C=CCNC(=S)NCCC(=O)Nc1cc2c(cc1C1=C(O)C(=c3cc4c(cc3NC(=O)CCNC(=S)NCC=C)=[N+](C(C)C)C(C)C4(C)C)C1=O)C(C)(C)C(C)N2C(C)C. The van der Waals surface area contributed by atoms with E-state index in [-0.39, 0.29) is 95.4 Å². The van der Waals surface area contributed by atoms with Crippen molar-refractivity contribution in [1.29, 1.82) is 0 Å². The normalized spacial score (nSPS) is 19.4. The summed E-state index contributed by atoms with van der Waals surface area (Å²) in [4.78, 5) is 44.2. The zero-order chi connectivity index (χ0) is 44.4. The monoisotopic (exact) mass is 855 g/mol. The van der Waals surface area contributed by atoms with Gasteiger partial charge in [-0.3, -0.25) is 14.4 Å². The summed E-state index contributed by atoms with van der Waals surface area (Å²) in [6.07, 6.45) is 3.59. The molecule has 2 heterocycles. The average molecular weight is 856 g/mol. The van der Waals surface area contributed by atoms with Crippen LogP contribution in [0.4, 0.5) is 17.1 Å². The Kier molecular flexibility index (Phi) is 14.0. The van der Waals surface area contributed by atoms with Gasteiger partial charge in [0.15, 0.2) is 16.3 Å². The number of Topliss-reactive ketones (excluding diaryl/α,β-unsaturated/α-hetero) is 1. The van der Waals surface area contributed by atoms with Crippen molar-refractivity contribution in [2.75, 3.05) is 41.7 Å². The molecule has 60 heavy (non-hydrogen) atoms. The van der Waals surface area contributed by atoms with E-state index in [9.17, 15) is 19.5 Å². The van der Waals surface area contributed by atoms with E-state index in [1.807, 2.05) is 24.3 Å². The van der Waals surface area contributed by atoms with Gasteiger partial charge in [0, 0.05) is 84.6 Å². The van der Waals surface area contributed by atoms with Crippen molar-refractivity contribution in [3.8, 4) is 0 Å². The smallest absolute Gasteiger partial charge is 0.226 e. The number of aliphatic hydroxyl groups is 1. The Hall–Kier alpha value is -5.08. The summed E-state index contributed by atoms with van der Waals surface area (Å²) in [6.45, 7) is 30.5. The topological polar surface area (TPSA) is 150 Å². The summed E-state index contributed by atoms with van der Waals surface area (Å²) < 4.78 is 2.33. The predicted molar refractivity (Wildman–Crippen MR) is 253 cm³/mol. The Bertz CT molecular complexity index is 2290. The van der Waals surface area contributed by atoms with Crippen LogP contribution in [-0.4, -0.2) is 83.3 Å². The highest BCUT2D eigenvalue weighted by atomic mass is 32.1. The van der Waals surface area contributed by atoms with Crippen molar-refractivity contribution in [2.45, 2.75) is 117 Å². The van der Waals surface area contributed by atoms with E-state index in [1.54, 1.807) is 12.2 Å². The highest BCUT2D eigenvalue weighted by Gasteiger charge is 2.48. The molecule has 2 unspecified atom stereocenters. The van der Waals surface area contributed by atoms with Crippen LogP contribution in [0.25, 0.3) is 11.1 Å². The Balaban J connectivity index is 1.64. The maximum absolute atomic E-state index is 14.7. The number of carbonyl (C=O) groups excluding carboxylic acids is 3. The number of fused-ring (bicyclic) bond motifs is 2. The summed E-state index contributed by atoms with van der Waals surface area (Å²) in [5, 5.41) is 32.6. The number of carbonyl (C=O) groups is 3. The van der Waals surface area contributed by atoms with Gasteiger partial charge in [-0.2, -0.15) is 0 Å². The van der Waals surface area contributed by atoms with Gasteiger partial charge in [-0.15, -0.1) is 13.2 Å². The first-order valence-corrected chi connectivity index (χ1v) is 21.6. The van der Waals surface area contributed by atoms with Gasteiger partial charge in [0.2, 0.25) is 23.0 Å². The van der Waals surface area contributed by atoms with E-state index in [0.29, 0.717) is 45.5 Å². The van der Waals surface area contributed by atoms with Crippen LogP contribution in [-0.2, 0) is 25.2 Å². The third-order valence-corrected chi connectivity index (χ3v) is 12.9. The van der Waals surface area contributed by atoms with Crippen LogP contribution >= 0.6 is 24.4 Å².